The summed E-state index contributed by atoms with van der Waals surface area (Å²) < 4.78 is 16.3. The SMILES string of the molecule is COc1ccc(C(O)=C2C(=O)C(=O)N(CCCN3CCOCC3)[C@@H]2c2ccc(C)o2)cc1Cl. The highest BCUT2D eigenvalue weighted by Gasteiger charge is 2.47. The zero-order chi connectivity index (χ0) is 23.5. The number of ketones is 1. The van der Waals surface area contributed by atoms with E-state index in [0.717, 1.165) is 19.6 Å². The summed E-state index contributed by atoms with van der Waals surface area (Å²) in [6, 6.07) is 7.39. The van der Waals surface area contributed by atoms with E-state index in [1.807, 2.05) is 0 Å². The van der Waals surface area contributed by atoms with Crippen molar-refractivity contribution in [1.82, 2.24) is 9.80 Å². The van der Waals surface area contributed by atoms with Gasteiger partial charge in [-0.05, 0) is 43.7 Å². The molecule has 0 radical (unpaired) electrons. The molecule has 2 aliphatic heterocycles. The minimum atomic E-state index is -0.815. The number of methoxy groups -OCH3 is 1. The molecule has 8 nitrogen and oxygen atoms in total. The number of nitrogens with zero attached hydrogens (tertiary/aromatic N) is 2. The van der Waals surface area contributed by atoms with Crippen molar-refractivity contribution in [3.8, 4) is 5.75 Å². The number of aliphatic hydroxyl groups excluding tert-OH is 1. The van der Waals surface area contributed by atoms with Crippen LogP contribution in [0.2, 0.25) is 5.02 Å². The predicted octanol–water partition coefficient (Wildman–Crippen LogP) is 3.39. The van der Waals surface area contributed by atoms with Crippen LogP contribution < -0.4 is 4.74 Å². The van der Waals surface area contributed by atoms with Gasteiger partial charge in [-0.3, -0.25) is 14.5 Å². The fourth-order valence-electron chi connectivity index (χ4n) is 4.27. The van der Waals surface area contributed by atoms with E-state index in [1.54, 1.807) is 31.2 Å². The first-order valence-corrected chi connectivity index (χ1v) is 11.3. The lowest BCUT2D eigenvalue weighted by molar-refractivity contribution is -0.140. The van der Waals surface area contributed by atoms with E-state index in [2.05, 4.69) is 4.90 Å². The normalized spacial score (nSPS) is 21.1. The molecule has 2 aliphatic rings. The second kappa shape index (κ2) is 9.99. The van der Waals surface area contributed by atoms with Crippen LogP contribution in [0.1, 0.15) is 29.5 Å². The summed E-state index contributed by atoms with van der Waals surface area (Å²) >= 11 is 6.22. The summed E-state index contributed by atoms with van der Waals surface area (Å²) in [5.74, 6) is -0.180. The molecule has 0 bridgehead atoms. The summed E-state index contributed by atoms with van der Waals surface area (Å²) in [5, 5.41) is 11.4. The Bertz CT molecular complexity index is 1070. The summed E-state index contributed by atoms with van der Waals surface area (Å²) in [4.78, 5) is 29.8. The van der Waals surface area contributed by atoms with Crippen molar-refractivity contribution >= 4 is 29.1 Å². The van der Waals surface area contributed by atoms with Gasteiger partial charge in [-0.15, -0.1) is 0 Å². The molecular weight excluding hydrogens is 448 g/mol. The monoisotopic (exact) mass is 474 g/mol. The second-order valence-corrected chi connectivity index (χ2v) is 8.50. The molecule has 1 atom stereocenters. The van der Waals surface area contributed by atoms with Gasteiger partial charge in [0.25, 0.3) is 11.7 Å². The number of rotatable bonds is 7. The maximum atomic E-state index is 13.1. The van der Waals surface area contributed by atoms with Crippen LogP contribution in [0.3, 0.4) is 0 Å². The number of benzene rings is 1. The average Bonchev–Trinajstić information content (AvgIpc) is 3.35. The molecule has 1 N–H and O–H groups in total. The van der Waals surface area contributed by atoms with E-state index in [-0.39, 0.29) is 16.4 Å². The molecule has 2 aromatic rings. The molecule has 0 spiro atoms. The average molecular weight is 475 g/mol. The number of furan rings is 1. The molecule has 4 rings (SSSR count). The van der Waals surface area contributed by atoms with Gasteiger partial charge < -0.3 is 23.9 Å². The van der Waals surface area contributed by atoms with Gasteiger partial charge in [0.1, 0.15) is 29.1 Å². The van der Waals surface area contributed by atoms with E-state index in [9.17, 15) is 14.7 Å². The number of hydrogen-bond acceptors (Lipinski definition) is 7. The maximum absolute atomic E-state index is 13.1. The molecular formula is C24H27ClN2O6. The van der Waals surface area contributed by atoms with Gasteiger partial charge in [-0.2, -0.15) is 0 Å². The Balaban J connectivity index is 1.66. The molecule has 2 fully saturated rings. The largest absolute Gasteiger partial charge is 0.507 e. The van der Waals surface area contributed by atoms with E-state index < -0.39 is 17.7 Å². The Morgan fingerprint density at radius 3 is 2.58 bits per heavy atom. The molecule has 1 aromatic heterocycles. The fourth-order valence-corrected chi connectivity index (χ4v) is 4.52. The van der Waals surface area contributed by atoms with Crippen LogP contribution in [0.4, 0.5) is 0 Å². The summed E-state index contributed by atoms with van der Waals surface area (Å²) in [6.07, 6.45) is 0.678. The van der Waals surface area contributed by atoms with Crippen LogP contribution in [0.25, 0.3) is 5.76 Å². The van der Waals surface area contributed by atoms with Crippen molar-refractivity contribution in [2.75, 3.05) is 46.5 Å². The Hall–Kier alpha value is -2.81. The summed E-state index contributed by atoms with van der Waals surface area (Å²) in [7, 11) is 1.49. The number of hydrogen-bond donors (Lipinski definition) is 1. The van der Waals surface area contributed by atoms with Crippen molar-refractivity contribution in [3.05, 3.63) is 58.0 Å². The number of aliphatic hydroxyl groups is 1. The third-order valence-electron chi connectivity index (χ3n) is 5.97. The van der Waals surface area contributed by atoms with E-state index >= 15 is 0 Å². The molecule has 33 heavy (non-hydrogen) atoms. The Morgan fingerprint density at radius 2 is 1.94 bits per heavy atom. The number of ether oxygens (including phenoxy) is 2. The van der Waals surface area contributed by atoms with E-state index in [4.69, 9.17) is 25.5 Å². The lowest BCUT2D eigenvalue weighted by atomic mass is 9.99. The van der Waals surface area contributed by atoms with Crippen LogP contribution >= 0.6 is 11.6 Å². The molecule has 1 aromatic carbocycles. The first-order valence-electron chi connectivity index (χ1n) is 10.9. The number of halogens is 1. The van der Waals surface area contributed by atoms with Crippen molar-refractivity contribution in [2.45, 2.75) is 19.4 Å². The number of carbonyl (C=O) groups excluding carboxylic acids is 2. The highest BCUT2D eigenvalue weighted by atomic mass is 35.5. The first kappa shape index (κ1) is 23.4. The molecule has 3 heterocycles. The number of aryl methyl sites for hydroxylation is 1. The maximum Gasteiger partial charge on any atom is 0.295 e. The van der Waals surface area contributed by atoms with E-state index in [0.29, 0.717) is 49.0 Å². The smallest absolute Gasteiger partial charge is 0.295 e. The quantitative estimate of drug-likeness (QED) is 0.373. The van der Waals surface area contributed by atoms with Crippen LogP contribution in [0.5, 0.6) is 5.75 Å². The molecule has 0 aliphatic carbocycles. The molecule has 176 valence electrons. The zero-order valence-electron chi connectivity index (χ0n) is 18.7. The number of likely N-dealkylation sites (tertiary alicyclic amines) is 1. The van der Waals surface area contributed by atoms with Gasteiger partial charge >= 0.3 is 0 Å². The van der Waals surface area contributed by atoms with Crippen LogP contribution in [0.15, 0.2) is 40.3 Å². The molecule has 1 amide bonds. The lowest BCUT2D eigenvalue weighted by Gasteiger charge is -2.28. The first-order chi connectivity index (χ1) is 15.9. The molecule has 0 saturated carbocycles. The van der Waals surface area contributed by atoms with Gasteiger partial charge in [-0.1, -0.05) is 11.6 Å². The van der Waals surface area contributed by atoms with Crippen molar-refractivity contribution < 1.29 is 28.6 Å². The number of carbonyl (C=O) groups is 2. The van der Waals surface area contributed by atoms with Crippen LogP contribution in [-0.2, 0) is 14.3 Å². The highest BCUT2D eigenvalue weighted by molar-refractivity contribution is 6.46. The van der Waals surface area contributed by atoms with Crippen molar-refractivity contribution in [2.24, 2.45) is 0 Å². The molecule has 2 saturated heterocycles. The van der Waals surface area contributed by atoms with Crippen molar-refractivity contribution in [3.63, 3.8) is 0 Å². The van der Waals surface area contributed by atoms with Gasteiger partial charge in [0.15, 0.2) is 0 Å². The lowest BCUT2D eigenvalue weighted by Crippen LogP contribution is -2.38. The minimum Gasteiger partial charge on any atom is -0.507 e. The van der Waals surface area contributed by atoms with Crippen molar-refractivity contribution in [1.29, 1.82) is 0 Å². The van der Waals surface area contributed by atoms with Crippen LogP contribution in [-0.4, -0.2) is 73.1 Å². The van der Waals surface area contributed by atoms with Gasteiger partial charge in [0.05, 0.1) is 30.9 Å². The Labute approximate surface area is 197 Å². The van der Waals surface area contributed by atoms with Gasteiger partial charge in [0.2, 0.25) is 0 Å². The van der Waals surface area contributed by atoms with Gasteiger partial charge in [0, 0.05) is 31.7 Å². The minimum absolute atomic E-state index is 0.0121. The van der Waals surface area contributed by atoms with E-state index in [1.165, 1.54) is 18.1 Å². The Morgan fingerprint density at radius 1 is 1.18 bits per heavy atom. The molecule has 0 unspecified atom stereocenters. The number of amides is 1. The number of morpholine rings is 1. The standard InChI is InChI=1S/C24H27ClN2O6/c1-15-4-6-19(33-15)21-20(22(28)16-5-7-18(31-2)17(25)14-16)23(29)24(30)27(21)9-3-8-26-10-12-32-13-11-26/h4-7,14,21,28H,3,8-13H2,1-2H3/t21-/m1/s1. The zero-order valence-corrected chi connectivity index (χ0v) is 19.4. The highest BCUT2D eigenvalue weighted by Crippen LogP contribution is 2.40. The van der Waals surface area contributed by atoms with Crippen LogP contribution in [0, 0.1) is 6.92 Å². The predicted molar refractivity (Wildman–Crippen MR) is 122 cm³/mol. The topological polar surface area (TPSA) is 92.5 Å². The molecule has 9 heteroatoms. The second-order valence-electron chi connectivity index (χ2n) is 8.10. The summed E-state index contributed by atoms with van der Waals surface area (Å²) in [6.45, 7) is 6.01. The summed E-state index contributed by atoms with van der Waals surface area (Å²) in [5.41, 5.74) is 0.308. The Kier molecular flexibility index (Phi) is 7.07. The third kappa shape index (κ3) is 4.78. The van der Waals surface area contributed by atoms with Gasteiger partial charge in [-0.25, -0.2) is 0 Å². The third-order valence-corrected chi connectivity index (χ3v) is 6.27. The fraction of sp³-hybridized carbons (Fsp3) is 0.417. The number of Topliss-reactive ketones (excluding diaryl/α,β-unsaturated/α-hetero) is 1.